The SMILES string of the molecule is COc1ccc(N2CCN(C(=O)c3cccc(NC(=O)OC(C)(C)C)c3)CC2)cc1. The molecule has 1 aliphatic rings. The highest BCUT2D eigenvalue weighted by molar-refractivity contribution is 5.96. The van der Waals surface area contributed by atoms with Gasteiger partial charge in [0.25, 0.3) is 5.91 Å². The molecule has 30 heavy (non-hydrogen) atoms. The van der Waals surface area contributed by atoms with Crippen LogP contribution >= 0.6 is 0 Å². The highest BCUT2D eigenvalue weighted by Gasteiger charge is 2.23. The first-order valence-electron chi connectivity index (χ1n) is 10.0. The maximum absolute atomic E-state index is 12.9. The van der Waals surface area contributed by atoms with Gasteiger partial charge in [0.15, 0.2) is 0 Å². The minimum Gasteiger partial charge on any atom is -0.497 e. The number of carbonyl (C=O) groups excluding carboxylic acids is 2. The molecule has 7 heteroatoms. The molecular weight excluding hydrogens is 382 g/mol. The van der Waals surface area contributed by atoms with Crippen molar-refractivity contribution in [1.82, 2.24) is 4.90 Å². The molecule has 0 radical (unpaired) electrons. The van der Waals surface area contributed by atoms with Crippen LogP contribution in [0.4, 0.5) is 16.2 Å². The first-order valence-corrected chi connectivity index (χ1v) is 10.0. The van der Waals surface area contributed by atoms with Gasteiger partial charge in [0.05, 0.1) is 7.11 Å². The van der Waals surface area contributed by atoms with Crippen molar-refractivity contribution in [1.29, 1.82) is 0 Å². The largest absolute Gasteiger partial charge is 0.497 e. The molecule has 1 saturated heterocycles. The molecule has 1 aliphatic heterocycles. The number of rotatable bonds is 4. The van der Waals surface area contributed by atoms with Crippen molar-refractivity contribution in [3.8, 4) is 5.75 Å². The fourth-order valence-electron chi connectivity index (χ4n) is 3.29. The van der Waals surface area contributed by atoms with Crippen molar-refractivity contribution in [3.63, 3.8) is 0 Å². The summed E-state index contributed by atoms with van der Waals surface area (Å²) in [5.41, 5.74) is 1.61. The van der Waals surface area contributed by atoms with E-state index in [9.17, 15) is 9.59 Å². The predicted molar refractivity (Wildman–Crippen MR) is 117 cm³/mol. The molecular formula is C23H29N3O4. The standard InChI is InChI=1S/C23H29N3O4/c1-23(2,3)30-22(28)24-18-7-5-6-17(16-18)21(27)26-14-12-25(13-15-26)19-8-10-20(29-4)11-9-19/h5-11,16H,12-15H2,1-4H3,(H,24,28). The normalized spacial score (nSPS) is 14.3. The third-order valence-electron chi connectivity index (χ3n) is 4.76. The minimum absolute atomic E-state index is 0.0442. The lowest BCUT2D eigenvalue weighted by Crippen LogP contribution is -2.48. The number of hydrogen-bond donors (Lipinski definition) is 1. The van der Waals surface area contributed by atoms with E-state index < -0.39 is 11.7 Å². The van der Waals surface area contributed by atoms with Gasteiger partial charge >= 0.3 is 6.09 Å². The van der Waals surface area contributed by atoms with Crippen LogP contribution in [0.25, 0.3) is 0 Å². The summed E-state index contributed by atoms with van der Waals surface area (Å²) >= 11 is 0. The lowest BCUT2D eigenvalue weighted by Gasteiger charge is -2.36. The average Bonchev–Trinajstić information content (AvgIpc) is 2.72. The molecule has 0 unspecified atom stereocenters. The van der Waals surface area contributed by atoms with Crippen molar-refractivity contribution in [2.45, 2.75) is 26.4 Å². The zero-order chi connectivity index (χ0) is 21.7. The first-order chi connectivity index (χ1) is 14.2. The van der Waals surface area contributed by atoms with Gasteiger partial charge in [-0.25, -0.2) is 4.79 Å². The van der Waals surface area contributed by atoms with Gasteiger partial charge in [-0.2, -0.15) is 0 Å². The van der Waals surface area contributed by atoms with E-state index in [1.165, 1.54) is 0 Å². The molecule has 0 bridgehead atoms. The molecule has 2 aromatic rings. The zero-order valence-electron chi connectivity index (χ0n) is 18.0. The maximum Gasteiger partial charge on any atom is 0.412 e. The highest BCUT2D eigenvalue weighted by Crippen LogP contribution is 2.21. The molecule has 2 amide bonds. The molecule has 2 aromatic carbocycles. The maximum atomic E-state index is 12.9. The van der Waals surface area contributed by atoms with E-state index in [0.29, 0.717) is 24.3 Å². The molecule has 160 valence electrons. The Morgan fingerprint density at radius 3 is 2.23 bits per heavy atom. The molecule has 1 N–H and O–H groups in total. The summed E-state index contributed by atoms with van der Waals surface area (Å²) in [7, 11) is 1.65. The number of ether oxygens (including phenoxy) is 2. The molecule has 0 spiro atoms. The second kappa shape index (κ2) is 9.07. The number of hydrogen-bond acceptors (Lipinski definition) is 5. The van der Waals surface area contributed by atoms with Gasteiger partial charge < -0.3 is 19.3 Å². The summed E-state index contributed by atoms with van der Waals surface area (Å²) in [6.45, 7) is 8.19. The van der Waals surface area contributed by atoms with Gasteiger partial charge in [0.2, 0.25) is 0 Å². The van der Waals surface area contributed by atoms with Crippen LogP contribution in [0.5, 0.6) is 5.75 Å². The predicted octanol–water partition coefficient (Wildman–Crippen LogP) is 4.00. The Morgan fingerprint density at radius 1 is 0.967 bits per heavy atom. The monoisotopic (exact) mass is 411 g/mol. The minimum atomic E-state index is -0.582. The second-order valence-corrected chi connectivity index (χ2v) is 8.18. The summed E-state index contributed by atoms with van der Waals surface area (Å²) in [5.74, 6) is 0.782. The zero-order valence-corrected chi connectivity index (χ0v) is 18.0. The third kappa shape index (κ3) is 5.65. The highest BCUT2D eigenvalue weighted by atomic mass is 16.6. The number of methoxy groups -OCH3 is 1. The topological polar surface area (TPSA) is 71.1 Å². The van der Waals surface area contributed by atoms with Crippen LogP contribution in [0, 0.1) is 0 Å². The molecule has 0 atom stereocenters. The summed E-state index contributed by atoms with van der Waals surface area (Å²) in [6.07, 6.45) is -0.541. The summed E-state index contributed by atoms with van der Waals surface area (Å²) in [6, 6.07) is 14.9. The van der Waals surface area contributed by atoms with E-state index in [4.69, 9.17) is 9.47 Å². The summed E-state index contributed by atoms with van der Waals surface area (Å²) in [4.78, 5) is 29.0. The fraction of sp³-hybridized carbons (Fsp3) is 0.391. The van der Waals surface area contributed by atoms with Crippen LogP contribution in [0.15, 0.2) is 48.5 Å². The third-order valence-corrected chi connectivity index (χ3v) is 4.76. The van der Waals surface area contributed by atoms with Crippen LogP contribution in [-0.2, 0) is 4.74 Å². The average molecular weight is 412 g/mol. The Labute approximate surface area is 177 Å². The molecule has 3 rings (SSSR count). The lowest BCUT2D eigenvalue weighted by molar-refractivity contribution is 0.0634. The van der Waals surface area contributed by atoms with E-state index in [-0.39, 0.29) is 5.91 Å². The Kier molecular flexibility index (Phi) is 6.50. The molecule has 1 heterocycles. The summed E-state index contributed by atoms with van der Waals surface area (Å²) in [5, 5.41) is 2.68. The molecule has 1 fully saturated rings. The van der Waals surface area contributed by atoms with Gasteiger partial charge in [0.1, 0.15) is 11.4 Å². The van der Waals surface area contributed by atoms with E-state index >= 15 is 0 Å². The smallest absolute Gasteiger partial charge is 0.412 e. The van der Waals surface area contributed by atoms with Crippen LogP contribution < -0.4 is 15.0 Å². The van der Waals surface area contributed by atoms with Crippen LogP contribution in [0.1, 0.15) is 31.1 Å². The van der Waals surface area contributed by atoms with Crippen molar-refractivity contribution in [3.05, 3.63) is 54.1 Å². The van der Waals surface area contributed by atoms with Crippen molar-refractivity contribution >= 4 is 23.4 Å². The summed E-state index contributed by atoms with van der Waals surface area (Å²) < 4.78 is 10.5. The number of benzene rings is 2. The molecule has 7 nitrogen and oxygen atoms in total. The quantitative estimate of drug-likeness (QED) is 0.823. The number of piperazine rings is 1. The number of nitrogens with zero attached hydrogens (tertiary/aromatic N) is 2. The Hall–Kier alpha value is -3.22. The van der Waals surface area contributed by atoms with Crippen molar-refractivity contribution in [2.75, 3.05) is 43.5 Å². The van der Waals surface area contributed by atoms with Gasteiger partial charge in [-0.1, -0.05) is 6.07 Å². The van der Waals surface area contributed by atoms with Gasteiger partial charge in [-0.3, -0.25) is 10.1 Å². The number of carbonyl (C=O) groups is 2. The van der Waals surface area contributed by atoms with Crippen molar-refractivity contribution < 1.29 is 19.1 Å². The van der Waals surface area contributed by atoms with Crippen LogP contribution in [-0.4, -0.2) is 55.8 Å². The first kappa shape index (κ1) is 21.5. The van der Waals surface area contributed by atoms with E-state index in [0.717, 1.165) is 24.5 Å². The molecule has 0 aromatic heterocycles. The van der Waals surface area contributed by atoms with Gasteiger partial charge in [-0.05, 0) is 63.2 Å². The number of nitrogens with one attached hydrogen (secondary N) is 1. The lowest BCUT2D eigenvalue weighted by atomic mass is 10.1. The van der Waals surface area contributed by atoms with E-state index in [1.54, 1.807) is 52.1 Å². The number of anilines is 2. The Bertz CT molecular complexity index is 882. The molecule has 0 aliphatic carbocycles. The van der Waals surface area contributed by atoms with E-state index in [1.807, 2.05) is 29.2 Å². The fourth-order valence-corrected chi connectivity index (χ4v) is 3.29. The number of amides is 2. The van der Waals surface area contributed by atoms with E-state index in [2.05, 4.69) is 10.2 Å². The van der Waals surface area contributed by atoms with Crippen LogP contribution in [0.2, 0.25) is 0 Å². The van der Waals surface area contributed by atoms with Gasteiger partial charge in [0, 0.05) is 43.1 Å². The Morgan fingerprint density at radius 2 is 1.63 bits per heavy atom. The van der Waals surface area contributed by atoms with Crippen LogP contribution in [0.3, 0.4) is 0 Å². The molecule has 0 saturated carbocycles. The van der Waals surface area contributed by atoms with Crippen molar-refractivity contribution in [2.24, 2.45) is 0 Å². The second-order valence-electron chi connectivity index (χ2n) is 8.18. The van der Waals surface area contributed by atoms with Gasteiger partial charge in [-0.15, -0.1) is 0 Å². The Balaban J connectivity index is 1.59.